The van der Waals surface area contributed by atoms with E-state index < -0.39 is 5.97 Å². The van der Waals surface area contributed by atoms with Gasteiger partial charge in [-0.05, 0) is 42.5 Å². The summed E-state index contributed by atoms with van der Waals surface area (Å²) in [5, 5.41) is 7.65. The molecule has 6 heteroatoms. The zero-order valence-corrected chi connectivity index (χ0v) is 17.2. The van der Waals surface area contributed by atoms with Gasteiger partial charge in [-0.2, -0.15) is 5.10 Å². The number of rotatable bonds is 5. The molecular formula is C23H17ClN2O2S. The fraction of sp³-hybridized carbons (Fsp3) is 0.0435. The highest BCUT2D eigenvalue weighted by molar-refractivity contribution is 7.21. The maximum absolute atomic E-state index is 12.7. The highest BCUT2D eigenvalue weighted by atomic mass is 35.5. The van der Waals surface area contributed by atoms with Gasteiger partial charge in [0.2, 0.25) is 0 Å². The lowest BCUT2D eigenvalue weighted by Gasteiger charge is -2.12. The molecule has 0 bridgehead atoms. The van der Waals surface area contributed by atoms with Crippen LogP contribution < -0.4 is 9.75 Å². The number of carbonyl (C=O) groups excluding carboxylic acids is 1. The van der Waals surface area contributed by atoms with Crippen LogP contribution in [-0.2, 0) is 0 Å². The van der Waals surface area contributed by atoms with E-state index >= 15 is 0 Å². The van der Waals surface area contributed by atoms with E-state index in [0.717, 1.165) is 20.7 Å². The minimum absolute atomic E-state index is 0.400. The number of thiophene rings is 1. The van der Waals surface area contributed by atoms with E-state index in [1.54, 1.807) is 35.5 Å². The quantitative estimate of drug-likeness (QED) is 0.218. The van der Waals surface area contributed by atoms with E-state index in [2.05, 4.69) is 5.10 Å². The lowest BCUT2D eigenvalue weighted by Crippen LogP contribution is -2.10. The molecule has 0 saturated carbocycles. The van der Waals surface area contributed by atoms with Gasteiger partial charge in [0.05, 0.1) is 22.3 Å². The van der Waals surface area contributed by atoms with Crippen LogP contribution in [0.15, 0.2) is 84.0 Å². The minimum atomic E-state index is -0.456. The monoisotopic (exact) mass is 420 g/mol. The normalized spacial score (nSPS) is 11.1. The van der Waals surface area contributed by atoms with E-state index in [1.807, 2.05) is 61.6 Å². The maximum atomic E-state index is 12.7. The molecule has 0 aliphatic rings. The van der Waals surface area contributed by atoms with E-state index in [1.165, 1.54) is 11.3 Å². The Morgan fingerprint density at radius 1 is 1.03 bits per heavy atom. The Hall–Kier alpha value is -3.15. The van der Waals surface area contributed by atoms with Crippen LogP contribution in [0.4, 0.5) is 5.69 Å². The summed E-state index contributed by atoms with van der Waals surface area (Å²) in [6, 6.07) is 24.3. The molecule has 4 rings (SSSR count). The van der Waals surface area contributed by atoms with Crippen molar-refractivity contribution in [1.82, 2.24) is 0 Å². The number of fused-ring (bicyclic) bond motifs is 1. The zero-order valence-electron chi connectivity index (χ0n) is 15.6. The summed E-state index contributed by atoms with van der Waals surface area (Å²) >= 11 is 7.53. The summed E-state index contributed by atoms with van der Waals surface area (Å²) in [5.41, 5.74) is 1.36. The summed E-state index contributed by atoms with van der Waals surface area (Å²) in [6.45, 7) is 0. The average molecular weight is 421 g/mol. The molecule has 0 aliphatic heterocycles. The summed E-state index contributed by atoms with van der Waals surface area (Å²) in [6.07, 6.45) is 1.72. The SMILES string of the molecule is CN(N=Cc1sc2ccccc2c1OC(=O)c1cccc(Cl)c1)c1ccccc1. The molecule has 144 valence electrons. The number of carbonyl (C=O) groups is 1. The first-order valence-electron chi connectivity index (χ1n) is 8.94. The summed E-state index contributed by atoms with van der Waals surface area (Å²) in [7, 11) is 1.87. The summed E-state index contributed by atoms with van der Waals surface area (Å²) in [4.78, 5) is 13.5. The van der Waals surface area contributed by atoms with Crippen molar-refractivity contribution in [2.75, 3.05) is 12.1 Å². The van der Waals surface area contributed by atoms with Crippen LogP contribution in [-0.4, -0.2) is 19.2 Å². The number of halogens is 1. The van der Waals surface area contributed by atoms with Crippen LogP contribution in [0.2, 0.25) is 5.02 Å². The van der Waals surface area contributed by atoms with Crippen LogP contribution in [0, 0.1) is 0 Å². The Balaban J connectivity index is 1.67. The molecule has 0 spiro atoms. The molecule has 3 aromatic carbocycles. The maximum Gasteiger partial charge on any atom is 0.343 e. The standard InChI is InChI=1S/C23H17ClN2O2S/c1-26(18-10-3-2-4-11-18)25-15-21-22(19-12-5-6-13-20(19)29-21)28-23(27)16-8-7-9-17(24)14-16/h2-15H,1H3. The van der Waals surface area contributed by atoms with Gasteiger partial charge in [-0.1, -0.05) is 48.0 Å². The molecule has 0 atom stereocenters. The molecule has 4 nitrogen and oxygen atoms in total. The molecule has 0 amide bonds. The van der Waals surface area contributed by atoms with E-state index in [9.17, 15) is 4.79 Å². The number of esters is 1. The molecule has 4 aromatic rings. The van der Waals surface area contributed by atoms with E-state index in [-0.39, 0.29) is 0 Å². The Bertz CT molecular complexity index is 1190. The number of hydrazone groups is 1. The zero-order chi connectivity index (χ0) is 20.2. The second kappa shape index (κ2) is 8.47. The van der Waals surface area contributed by atoms with Gasteiger partial charge >= 0.3 is 5.97 Å². The highest BCUT2D eigenvalue weighted by Gasteiger charge is 2.17. The fourth-order valence-corrected chi connectivity index (χ4v) is 4.04. The topological polar surface area (TPSA) is 41.9 Å². The van der Waals surface area contributed by atoms with E-state index in [4.69, 9.17) is 16.3 Å². The van der Waals surface area contributed by atoms with Gasteiger partial charge in [0.15, 0.2) is 5.75 Å². The Labute approximate surface area is 177 Å². The van der Waals surface area contributed by atoms with Crippen molar-refractivity contribution in [3.8, 4) is 5.75 Å². The van der Waals surface area contributed by atoms with Crippen LogP contribution in [0.3, 0.4) is 0 Å². The van der Waals surface area contributed by atoms with Gasteiger partial charge in [0, 0.05) is 22.2 Å². The number of benzene rings is 3. The van der Waals surface area contributed by atoms with Gasteiger partial charge in [-0.3, -0.25) is 5.01 Å². The van der Waals surface area contributed by atoms with Crippen molar-refractivity contribution in [3.05, 3.63) is 94.3 Å². The second-order valence-electron chi connectivity index (χ2n) is 6.30. The van der Waals surface area contributed by atoms with Gasteiger partial charge in [0.1, 0.15) is 0 Å². The minimum Gasteiger partial charge on any atom is -0.421 e. The molecule has 1 heterocycles. The fourth-order valence-electron chi connectivity index (χ4n) is 2.85. The predicted molar refractivity (Wildman–Crippen MR) is 121 cm³/mol. The molecule has 0 fully saturated rings. The molecule has 1 aromatic heterocycles. The number of nitrogens with zero attached hydrogens (tertiary/aromatic N) is 2. The average Bonchev–Trinajstić information content (AvgIpc) is 3.10. The van der Waals surface area contributed by atoms with Crippen molar-refractivity contribution < 1.29 is 9.53 Å². The van der Waals surface area contributed by atoms with Crippen molar-refractivity contribution in [2.45, 2.75) is 0 Å². The van der Waals surface area contributed by atoms with Crippen molar-refractivity contribution >= 4 is 50.9 Å². The first-order chi connectivity index (χ1) is 14.1. The second-order valence-corrected chi connectivity index (χ2v) is 7.82. The molecular weight excluding hydrogens is 404 g/mol. The van der Waals surface area contributed by atoms with Crippen molar-refractivity contribution in [1.29, 1.82) is 0 Å². The molecule has 0 N–H and O–H groups in total. The van der Waals surface area contributed by atoms with Gasteiger partial charge in [0.25, 0.3) is 0 Å². The third kappa shape index (κ3) is 4.31. The lowest BCUT2D eigenvalue weighted by molar-refractivity contribution is 0.0737. The Kier molecular flexibility index (Phi) is 5.60. The Morgan fingerprint density at radius 2 is 1.79 bits per heavy atom. The molecule has 0 saturated heterocycles. The first kappa shape index (κ1) is 19.2. The lowest BCUT2D eigenvalue weighted by atomic mass is 10.2. The van der Waals surface area contributed by atoms with Crippen LogP contribution in [0.5, 0.6) is 5.75 Å². The third-order valence-electron chi connectivity index (χ3n) is 4.31. The molecule has 0 unspecified atom stereocenters. The van der Waals surface area contributed by atoms with Gasteiger partial charge in [-0.15, -0.1) is 11.3 Å². The number of hydrogen-bond donors (Lipinski definition) is 0. The van der Waals surface area contributed by atoms with Gasteiger partial charge < -0.3 is 4.74 Å². The third-order valence-corrected chi connectivity index (χ3v) is 5.63. The molecule has 0 radical (unpaired) electrons. The van der Waals surface area contributed by atoms with Gasteiger partial charge in [-0.25, -0.2) is 4.79 Å². The number of hydrogen-bond acceptors (Lipinski definition) is 5. The predicted octanol–water partition coefficient (Wildman–Crippen LogP) is 6.24. The van der Waals surface area contributed by atoms with Crippen LogP contribution in [0.1, 0.15) is 15.2 Å². The van der Waals surface area contributed by atoms with Crippen molar-refractivity contribution in [2.24, 2.45) is 5.10 Å². The highest BCUT2D eigenvalue weighted by Crippen LogP contribution is 2.37. The number of ether oxygens (including phenoxy) is 1. The molecule has 0 aliphatic carbocycles. The summed E-state index contributed by atoms with van der Waals surface area (Å²) in [5.74, 6) is 0.0444. The Morgan fingerprint density at radius 3 is 2.59 bits per heavy atom. The largest absolute Gasteiger partial charge is 0.421 e. The number of anilines is 1. The van der Waals surface area contributed by atoms with Crippen LogP contribution >= 0.6 is 22.9 Å². The van der Waals surface area contributed by atoms with E-state index in [0.29, 0.717) is 16.3 Å². The molecule has 29 heavy (non-hydrogen) atoms. The summed E-state index contributed by atoms with van der Waals surface area (Å²) < 4.78 is 6.80. The van der Waals surface area contributed by atoms with Crippen molar-refractivity contribution in [3.63, 3.8) is 0 Å². The number of para-hydroxylation sites is 1. The smallest absolute Gasteiger partial charge is 0.343 e. The van der Waals surface area contributed by atoms with Crippen LogP contribution in [0.25, 0.3) is 10.1 Å². The first-order valence-corrected chi connectivity index (χ1v) is 10.1.